The van der Waals surface area contributed by atoms with Crippen LogP contribution in [0.5, 0.6) is 0 Å². The van der Waals surface area contributed by atoms with Crippen LogP contribution in [-0.2, 0) is 10.1 Å². The van der Waals surface area contributed by atoms with E-state index in [4.69, 9.17) is 10.5 Å². The van der Waals surface area contributed by atoms with Gasteiger partial charge in [0.15, 0.2) is 0 Å². The minimum Gasteiger partial charge on any atom is -0.462 e. The third kappa shape index (κ3) is 3.12. The first-order valence-corrected chi connectivity index (χ1v) is 5.93. The maximum absolute atomic E-state index is 12.6. The van der Waals surface area contributed by atoms with E-state index in [0.717, 1.165) is 0 Å². The van der Waals surface area contributed by atoms with Crippen LogP contribution in [0.4, 0.5) is 14.5 Å². The van der Waals surface area contributed by atoms with Crippen molar-refractivity contribution in [1.29, 1.82) is 0 Å². The lowest BCUT2D eigenvalue weighted by Crippen LogP contribution is -2.12. The molecule has 0 unspecified atom stereocenters. The van der Waals surface area contributed by atoms with Gasteiger partial charge in [0, 0.05) is 5.33 Å². The Balaban J connectivity index is 3.23. The third-order valence-corrected chi connectivity index (χ3v) is 2.52. The van der Waals surface area contributed by atoms with E-state index in [-0.39, 0.29) is 28.9 Å². The number of hydrogen-bond donors (Lipinski definition) is 1. The zero-order chi connectivity index (χ0) is 13.0. The van der Waals surface area contributed by atoms with Crippen molar-refractivity contribution in [3.05, 3.63) is 23.0 Å². The van der Waals surface area contributed by atoms with E-state index in [0.29, 0.717) is 0 Å². The second kappa shape index (κ2) is 5.90. The highest BCUT2D eigenvalue weighted by Gasteiger charge is 2.20. The zero-order valence-corrected chi connectivity index (χ0v) is 10.6. The fourth-order valence-electron chi connectivity index (χ4n) is 1.25. The number of nitrogens with zero attached hydrogens (tertiary/aromatic N) is 1. The number of aromatic nitrogens is 1. The molecule has 0 fully saturated rings. The lowest BCUT2D eigenvalue weighted by molar-refractivity contribution is 0.0524. The fraction of sp³-hybridized carbons (Fsp3) is 0.400. The lowest BCUT2D eigenvalue weighted by Gasteiger charge is -2.10. The molecule has 0 saturated heterocycles. The van der Waals surface area contributed by atoms with E-state index in [9.17, 15) is 13.6 Å². The largest absolute Gasteiger partial charge is 0.462 e. The van der Waals surface area contributed by atoms with Crippen molar-refractivity contribution in [2.75, 3.05) is 12.3 Å². The zero-order valence-electron chi connectivity index (χ0n) is 9.04. The Morgan fingerprint density at radius 3 is 2.76 bits per heavy atom. The van der Waals surface area contributed by atoms with Crippen molar-refractivity contribution in [2.45, 2.75) is 18.7 Å². The molecule has 17 heavy (non-hydrogen) atoms. The normalized spacial score (nSPS) is 10.6. The van der Waals surface area contributed by atoms with Crippen LogP contribution >= 0.6 is 15.9 Å². The molecule has 0 aliphatic rings. The monoisotopic (exact) mass is 308 g/mol. The summed E-state index contributed by atoms with van der Waals surface area (Å²) < 4.78 is 29.9. The summed E-state index contributed by atoms with van der Waals surface area (Å²) >= 11 is 3.08. The number of hydrogen-bond acceptors (Lipinski definition) is 4. The summed E-state index contributed by atoms with van der Waals surface area (Å²) in [6, 6.07) is 1.17. The third-order valence-electron chi connectivity index (χ3n) is 1.99. The van der Waals surface area contributed by atoms with Crippen LogP contribution in [0.3, 0.4) is 0 Å². The molecule has 0 saturated carbocycles. The summed E-state index contributed by atoms with van der Waals surface area (Å²) in [4.78, 5) is 15.2. The Kier molecular flexibility index (Phi) is 4.80. The first-order valence-electron chi connectivity index (χ1n) is 4.81. The van der Waals surface area contributed by atoms with Gasteiger partial charge in [0.25, 0.3) is 6.43 Å². The molecule has 7 heteroatoms. The lowest BCUT2D eigenvalue weighted by atomic mass is 10.1. The average Bonchev–Trinajstić information content (AvgIpc) is 2.28. The number of esters is 1. The molecule has 0 aliphatic heterocycles. The van der Waals surface area contributed by atoms with Gasteiger partial charge in [-0.3, -0.25) is 0 Å². The van der Waals surface area contributed by atoms with E-state index < -0.39 is 18.1 Å². The SMILES string of the molecule is CCOC(=O)c1cc(N)c(C(F)F)nc1CBr. The van der Waals surface area contributed by atoms with Gasteiger partial charge in [-0.2, -0.15) is 0 Å². The Morgan fingerprint density at radius 1 is 1.65 bits per heavy atom. The predicted molar refractivity (Wildman–Crippen MR) is 62.2 cm³/mol. The van der Waals surface area contributed by atoms with Gasteiger partial charge in [-0.25, -0.2) is 18.6 Å². The number of rotatable bonds is 4. The molecule has 1 aromatic heterocycles. The van der Waals surface area contributed by atoms with E-state index in [2.05, 4.69) is 20.9 Å². The second-order valence-corrected chi connectivity index (χ2v) is 3.67. The van der Waals surface area contributed by atoms with Gasteiger partial charge in [-0.05, 0) is 13.0 Å². The van der Waals surface area contributed by atoms with Crippen LogP contribution in [-0.4, -0.2) is 17.6 Å². The number of carbonyl (C=O) groups excluding carboxylic acids is 1. The topological polar surface area (TPSA) is 65.2 Å². The minimum absolute atomic E-state index is 0.102. The molecule has 0 aromatic carbocycles. The van der Waals surface area contributed by atoms with Crippen molar-refractivity contribution < 1.29 is 18.3 Å². The number of nitrogen functional groups attached to an aromatic ring is 1. The summed E-state index contributed by atoms with van der Waals surface area (Å²) in [7, 11) is 0. The number of nitrogens with two attached hydrogens (primary N) is 1. The van der Waals surface area contributed by atoms with Gasteiger partial charge >= 0.3 is 5.97 Å². The molecule has 4 nitrogen and oxygen atoms in total. The van der Waals surface area contributed by atoms with Crippen LogP contribution in [0, 0.1) is 0 Å². The molecule has 2 N–H and O–H groups in total. The van der Waals surface area contributed by atoms with Gasteiger partial charge in [-0.15, -0.1) is 0 Å². The molecule has 0 aliphatic carbocycles. The molecule has 0 radical (unpaired) electrons. The maximum atomic E-state index is 12.6. The van der Waals surface area contributed by atoms with Crippen molar-refractivity contribution in [3.63, 3.8) is 0 Å². The number of pyridine rings is 1. The molecule has 1 heterocycles. The first-order chi connectivity index (χ1) is 8.01. The number of anilines is 1. The van der Waals surface area contributed by atoms with Gasteiger partial charge in [0.1, 0.15) is 5.69 Å². The fourth-order valence-corrected chi connectivity index (χ4v) is 1.67. The maximum Gasteiger partial charge on any atom is 0.340 e. The van der Waals surface area contributed by atoms with Crippen LogP contribution in [0.1, 0.15) is 35.1 Å². The number of carbonyl (C=O) groups is 1. The highest BCUT2D eigenvalue weighted by Crippen LogP contribution is 2.26. The minimum atomic E-state index is -2.77. The summed E-state index contributed by atoms with van der Waals surface area (Å²) in [5, 5.41) is 0.168. The van der Waals surface area contributed by atoms with Gasteiger partial charge < -0.3 is 10.5 Å². The summed E-state index contributed by atoms with van der Waals surface area (Å²) in [6.45, 7) is 1.84. The number of ether oxygens (including phenoxy) is 1. The molecule has 0 atom stereocenters. The van der Waals surface area contributed by atoms with E-state index in [1.165, 1.54) is 6.07 Å². The molecular formula is C10H11BrF2N2O2. The second-order valence-electron chi connectivity index (χ2n) is 3.11. The molecule has 1 rings (SSSR count). The van der Waals surface area contributed by atoms with Crippen molar-refractivity contribution in [2.24, 2.45) is 0 Å². The predicted octanol–water partition coefficient (Wildman–Crippen LogP) is 2.67. The Morgan fingerprint density at radius 2 is 2.29 bits per heavy atom. The van der Waals surface area contributed by atoms with Crippen LogP contribution in [0.25, 0.3) is 0 Å². The van der Waals surface area contributed by atoms with Crippen molar-refractivity contribution >= 4 is 27.6 Å². The highest BCUT2D eigenvalue weighted by atomic mass is 79.9. The summed E-state index contributed by atoms with van der Waals surface area (Å²) in [6.07, 6.45) is -2.77. The standard InChI is InChI=1S/C10H11BrF2N2O2/c1-2-17-10(16)5-3-6(14)8(9(12)13)15-7(5)4-11/h3,9H,2,4,14H2,1H3. The molecule has 0 spiro atoms. The van der Waals surface area contributed by atoms with Crippen molar-refractivity contribution in [3.8, 4) is 0 Å². The number of halogens is 3. The van der Waals surface area contributed by atoms with Crippen LogP contribution in [0.2, 0.25) is 0 Å². The van der Waals surface area contributed by atoms with E-state index in [1.54, 1.807) is 6.92 Å². The van der Waals surface area contributed by atoms with Gasteiger partial charge in [-0.1, -0.05) is 15.9 Å². The molecular weight excluding hydrogens is 298 g/mol. The Bertz CT molecular complexity index is 427. The number of alkyl halides is 3. The van der Waals surface area contributed by atoms with E-state index >= 15 is 0 Å². The van der Waals surface area contributed by atoms with Crippen LogP contribution < -0.4 is 5.73 Å². The van der Waals surface area contributed by atoms with Gasteiger partial charge in [0.05, 0.1) is 23.6 Å². The molecule has 1 aromatic rings. The Labute approximate surface area is 105 Å². The molecule has 94 valence electrons. The average molecular weight is 309 g/mol. The highest BCUT2D eigenvalue weighted by molar-refractivity contribution is 9.08. The molecule has 0 amide bonds. The van der Waals surface area contributed by atoms with Gasteiger partial charge in [0.2, 0.25) is 0 Å². The first kappa shape index (κ1) is 13.8. The van der Waals surface area contributed by atoms with Crippen molar-refractivity contribution in [1.82, 2.24) is 4.98 Å². The summed E-state index contributed by atoms with van der Waals surface area (Å²) in [5.74, 6) is -0.623. The quantitative estimate of drug-likeness (QED) is 0.686. The smallest absolute Gasteiger partial charge is 0.340 e. The Hall–Kier alpha value is -1.24. The van der Waals surface area contributed by atoms with E-state index in [1.807, 2.05) is 0 Å². The molecule has 0 bridgehead atoms. The summed E-state index contributed by atoms with van der Waals surface area (Å²) in [5.41, 5.74) is 4.97. The van der Waals surface area contributed by atoms with Crippen LogP contribution in [0.15, 0.2) is 6.07 Å².